The van der Waals surface area contributed by atoms with Gasteiger partial charge in [-0.05, 0) is 197 Å². The van der Waals surface area contributed by atoms with E-state index >= 15 is 0 Å². The number of Topliss-reactive ketones (excluding diaryl/α,β-unsaturated/α-hetero) is 2. The number of anilines is 3. The fraction of sp³-hybridized carbons (Fsp3) is 0.294. The third kappa shape index (κ3) is 19.7. The third-order valence-corrected chi connectivity index (χ3v) is 26.1. The van der Waals surface area contributed by atoms with Gasteiger partial charge in [0.2, 0.25) is 0 Å². The Balaban J connectivity index is 0.000000140. The zero-order valence-electron chi connectivity index (χ0n) is 72.1. The summed E-state index contributed by atoms with van der Waals surface area (Å²) in [6.45, 7) is 18.6. The van der Waals surface area contributed by atoms with Crippen molar-refractivity contribution in [2.75, 3.05) is 54.0 Å². The van der Waals surface area contributed by atoms with Gasteiger partial charge in [-0.15, -0.1) is 0 Å². The lowest BCUT2D eigenvalue weighted by atomic mass is 9.68. The highest BCUT2D eigenvalue weighted by Gasteiger charge is 2.44. The molecule has 0 bridgehead atoms. The average Bonchev–Trinajstić information content (AvgIpc) is 1.61. The van der Waals surface area contributed by atoms with Gasteiger partial charge in [0, 0.05) is 130 Å². The van der Waals surface area contributed by atoms with Gasteiger partial charge in [0.05, 0.1) is 21.5 Å². The summed E-state index contributed by atoms with van der Waals surface area (Å²) in [4.78, 5) is 89.8. The minimum Gasteiger partial charge on any atom is -0.460 e. The van der Waals surface area contributed by atoms with Crippen molar-refractivity contribution in [3.8, 4) is 51.2 Å². The molecule has 0 saturated carbocycles. The van der Waals surface area contributed by atoms with E-state index in [1.807, 2.05) is 210 Å². The zero-order valence-corrected chi connectivity index (χ0v) is 76.6. The third-order valence-electron chi connectivity index (χ3n) is 24.3. The van der Waals surface area contributed by atoms with Gasteiger partial charge in [-0.1, -0.05) is 225 Å². The Kier molecular flexibility index (Phi) is 26.8. The molecule has 25 heteroatoms. The number of carbonyl (C=O) groups excluding carboxylic acids is 3. The molecule has 3 saturated heterocycles. The Labute approximate surface area is 770 Å². The first-order valence-corrected chi connectivity index (χ1v) is 45.4. The Bertz CT molecular complexity index is 6150. The molecule has 3 aliphatic heterocycles. The van der Waals surface area contributed by atoms with Gasteiger partial charge < -0.3 is 19.4 Å². The van der Waals surface area contributed by atoms with Crippen molar-refractivity contribution in [2.45, 2.75) is 147 Å². The number of ketones is 2. The smallest absolute Gasteiger partial charge is 0.307 e. The van der Waals surface area contributed by atoms with Crippen molar-refractivity contribution in [3.63, 3.8) is 0 Å². The number of fused-ring (bicyclic) bond motifs is 3. The van der Waals surface area contributed by atoms with Crippen LogP contribution in [-0.2, 0) is 35.4 Å². The monoisotopic (exact) mass is 1810 g/mol. The number of nitrogens with zero attached hydrogens (tertiary/aromatic N) is 15. The number of ether oxygens (including phenoxy) is 1. The Morgan fingerprint density at radius 2 is 0.638 bits per heavy atom. The van der Waals surface area contributed by atoms with Crippen LogP contribution in [0.4, 0.5) is 17.5 Å². The Morgan fingerprint density at radius 3 is 0.921 bits per heavy atom. The van der Waals surface area contributed by atoms with E-state index in [4.69, 9.17) is 109 Å². The fourth-order valence-corrected chi connectivity index (χ4v) is 19.3. The van der Waals surface area contributed by atoms with E-state index in [1.165, 1.54) is 11.1 Å². The Morgan fingerprint density at radius 1 is 0.354 bits per heavy atom. The number of hydrogen-bond donors (Lipinski definition) is 0. The quantitative estimate of drug-likeness (QED) is 0.0614. The summed E-state index contributed by atoms with van der Waals surface area (Å²) >= 11 is 38.7. The molecule has 19 nitrogen and oxygen atoms in total. The van der Waals surface area contributed by atoms with Crippen LogP contribution in [0.5, 0.6) is 0 Å². The lowest BCUT2D eigenvalue weighted by molar-refractivity contribution is -0.156. The van der Waals surface area contributed by atoms with Crippen molar-refractivity contribution in [1.29, 1.82) is 0 Å². The molecule has 127 heavy (non-hydrogen) atoms. The second-order valence-electron chi connectivity index (χ2n) is 35.4. The lowest BCUT2D eigenvalue weighted by Gasteiger charge is -2.43. The van der Waals surface area contributed by atoms with Crippen LogP contribution in [0.25, 0.3) is 84.7 Å². The molecule has 3 fully saturated rings. The molecule has 0 spiro atoms. The zero-order chi connectivity index (χ0) is 88.8. The van der Waals surface area contributed by atoms with Gasteiger partial charge in [0.25, 0.3) is 0 Å². The molecule has 9 aromatic carbocycles. The molecule has 3 aliphatic rings. The van der Waals surface area contributed by atoms with Crippen molar-refractivity contribution in [2.24, 2.45) is 5.41 Å². The number of imidazole rings is 3. The van der Waals surface area contributed by atoms with Crippen molar-refractivity contribution in [1.82, 2.24) is 58.6 Å². The van der Waals surface area contributed by atoms with E-state index < -0.39 is 5.60 Å². The molecule has 9 heterocycles. The second-order valence-corrected chi connectivity index (χ2v) is 37.9. The van der Waals surface area contributed by atoms with E-state index in [0.29, 0.717) is 138 Å². The normalized spacial score (nSPS) is 15.0. The number of aromatic nitrogens is 12. The summed E-state index contributed by atoms with van der Waals surface area (Å²) in [7, 11) is 0. The minimum atomic E-state index is -0.537. The van der Waals surface area contributed by atoms with E-state index in [9.17, 15) is 14.4 Å². The number of hydrogen-bond acceptors (Lipinski definition) is 16. The molecule has 0 radical (unpaired) electrons. The lowest BCUT2D eigenvalue weighted by Crippen LogP contribution is -2.45. The maximum absolute atomic E-state index is 13.3. The number of carbonyl (C=O) groups is 3. The molecule has 0 atom stereocenters. The maximum atomic E-state index is 13.3. The van der Waals surface area contributed by atoms with Crippen LogP contribution in [0, 0.1) is 5.41 Å². The summed E-state index contributed by atoms with van der Waals surface area (Å²) in [5.74, 6) is 4.85. The van der Waals surface area contributed by atoms with Crippen molar-refractivity contribution < 1.29 is 19.1 Å². The number of piperidine rings is 3. The minimum absolute atomic E-state index is 0.0372. The predicted octanol–water partition coefficient (Wildman–Crippen LogP) is 24.9. The van der Waals surface area contributed by atoms with E-state index in [1.54, 1.807) is 19.0 Å². The van der Waals surface area contributed by atoms with E-state index in [2.05, 4.69) is 113 Å². The van der Waals surface area contributed by atoms with Crippen LogP contribution in [0.3, 0.4) is 0 Å². The molecule has 0 N–H and O–H groups in total. The first-order chi connectivity index (χ1) is 61.3. The highest BCUT2D eigenvalue weighted by atomic mass is 35.5. The molecule has 18 rings (SSSR count). The summed E-state index contributed by atoms with van der Waals surface area (Å²) < 4.78 is 11.8. The van der Waals surface area contributed by atoms with Crippen LogP contribution in [0.15, 0.2) is 256 Å². The first-order valence-electron chi connectivity index (χ1n) is 43.2. The topological polar surface area (TPSA) is 201 Å². The van der Waals surface area contributed by atoms with Crippen LogP contribution in [0.2, 0.25) is 30.1 Å². The average molecular weight is 1810 g/mol. The van der Waals surface area contributed by atoms with Gasteiger partial charge in [0.1, 0.15) is 53.6 Å². The standard InChI is InChI=1S/C35H35Cl2N5O.C34H33Cl2N5O2.C33H31Cl2N5O/c1-34(2,3)21-27(43)22-35(24-9-5-4-6-10-24)17-19-41(20-18-35)32-30-33(39-23-38-32)42(26-15-13-25(36)14-16-26)31(40-30)28-11-7-8-12-29(28)37;1-33(2,3)43-28(42)21-34(23-9-5-4-6-10-23)17-19-40(20-18-34)31-29-32(38-22-37-31)41(25-15-13-24(35)14-16-25)30(39-29)26-11-7-8-12-27(26)36;1-2-8-26(41)21-33(23-9-4-3-5-10-23)17-19-39(20-18-33)31-29-32(37-22-36-31)40(25-15-13-24(34)14-16-25)30(38-29)27-11-6-7-12-28(27)35/h4-16,23H,17-22H2,1-3H3;4-16,22H,17-21H2,1-3H3;3-7,9-16,22H,2,8,17-21H2,1H3. The summed E-state index contributed by atoms with van der Waals surface area (Å²) in [5.41, 5.74) is 11.6. The number of halogens is 6. The number of benzene rings is 9. The van der Waals surface area contributed by atoms with Crippen LogP contribution in [0.1, 0.15) is 142 Å². The molecule has 15 aromatic rings. The van der Waals surface area contributed by atoms with Crippen LogP contribution in [-0.4, -0.2) is 121 Å². The fourth-order valence-electron chi connectivity index (χ4n) is 18.3. The largest absolute Gasteiger partial charge is 0.460 e. The summed E-state index contributed by atoms with van der Waals surface area (Å²) in [5, 5.41) is 3.75. The molecule has 0 unspecified atom stereocenters. The van der Waals surface area contributed by atoms with Crippen molar-refractivity contribution >= 4 is 138 Å². The van der Waals surface area contributed by atoms with Crippen LogP contribution < -0.4 is 14.7 Å². The van der Waals surface area contributed by atoms with Crippen LogP contribution >= 0.6 is 69.6 Å². The summed E-state index contributed by atoms with van der Waals surface area (Å²) in [6.07, 6.45) is 13.2. The second kappa shape index (κ2) is 38.3. The highest BCUT2D eigenvalue weighted by molar-refractivity contribution is 6.34. The van der Waals surface area contributed by atoms with Gasteiger partial charge in [-0.2, -0.15) is 0 Å². The van der Waals surface area contributed by atoms with E-state index in [0.717, 1.165) is 128 Å². The number of rotatable bonds is 21. The van der Waals surface area contributed by atoms with Gasteiger partial charge in [0.15, 0.2) is 50.9 Å². The van der Waals surface area contributed by atoms with E-state index in [-0.39, 0.29) is 27.6 Å². The molecular weight excluding hydrogens is 1710 g/mol. The highest BCUT2D eigenvalue weighted by Crippen LogP contribution is 2.48. The molecule has 648 valence electrons. The van der Waals surface area contributed by atoms with Gasteiger partial charge in [-0.25, -0.2) is 44.9 Å². The molecular formula is C102H99Cl6N15O4. The summed E-state index contributed by atoms with van der Waals surface area (Å²) in [6, 6.07) is 77.2. The number of esters is 1. The maximum Gasteiger partial charge on any atom is 0.307 e. The molecule has 0 aliphatic carbocycles. The van der Waals surface area contributed by atoms with Gasteiger partial charge in [-0.3, -0.25) is 28.1 Å². The SMILES string of the molecule is CC(C)(C)CC(=O)CC1(c2ccccc2)CCN(c2ncnc3c2nc(-c2ccccc2Cl)n3-c2ccc(Cl)cc2)CC1.CC(C)(C)OC(=O)CC1(c2ccccc2)CCN(c2ncnc3c2nc(-c2ccccc2Cl)n3-c2ccc(Cl)cc2)CC1.CCCC(=O)CC1(c2ccccc2)CCN(c2ncnc3c2nc(-c2ccccc2Cl)n3-c2ccc(Cl)cc2)CC1. The van der Waals surface area contributed by atoms with Crippen molar-refractivity contribution in [3.05, 3.63) is 302 Å². The molecule has 0 amide bonds. The first kappa shape index (κ1) is 89.0. The predicted molar refractivity (Wildman–Crippen MR) is 514 cm³/mol. The molecule has 6 aromatic heterocycles. The van der Waals surface area contributed by atoms with Gasteiger partial charge >= 0.3 is 5.97 Å². The Hall–Kier alpha value is -11.4.